The highest BCUT2D eigenvalue weighted by atomic mass is 16.5. The summed E-state index contributed by atoms with van der Waals surface area (Å²) in [5.41, 5.74) is 0. The van der Waals surface area contributed by atoms with E-state index in [1.807, 2.05) is 0 Å². The summed E-state index contributed by atoms with van der Waals surface area (Å²) in [7, 11) is 0. The lowest BCUT2D eigenvalue weighted by Gasteiger charge is -2.45. The molecule has 4 heteroatoms. The van der Waals surface area contributed by atoms with Gasteiger partial charge in [-0.1, -0.05) is 12.8 Å². The summed E-state index contributed by atoms with van der Waals surface area (Å²) in [4.78, 5) is 14.8. The van der Waals surface area contributed by atoms with E-state index in [-0.39, 0.29) is 5.92 Å². The molecule has 0 aromatic rings. The molecule has 0 spiro atoms. The summed E-state index contributed by atoms with van der Waals surface area (Å²) < 4.78 is 5.84. The van der Waals surface area contributed by atoms with E-state index in [2.05, 4.69) is 10.2 Å². The van der Waals surface area contributed by atoms with Gasteiger partial charge in [0.2, 0.25) is 5.91 Å². The summed E-state index contributed by atoms with van der Waals surface area (Å²) >= 11 is 0. The smallest absolute Gasteiger partial charge is 0.227 e. The van der Waals surface area contributed by atoms with Crippen molar-refractivity contribution < 1.29 is 9.53 Å². The van der Waals surface area contributed by atoms with Gasteiger partial charge < -0.3 is 15.0 Å². The fraction of sp³-hybridized carbons (Fsp3) is 0.929. The number of fused-ring (bicyclic) bond motifs is 1. The lowest BCUT2D eigenvalue weighted by Crippen LogP contribution is -2.57. The third-order valence-corrected chi connectivity index (χ3v) is 4.66. The van der Waals surface area contributed by atoms with Crippen LogP contribution in [0, 0.1) is 5.92 Å². The first-order valence-electron chi connectivity index (χ1n) is 7.49. The summed E-state index contributed by atoms with van der Waals surface area (Å²) in [5, 5.41) is 3.35. The van der Waals surface area contributed by atoms with Gasteiger partial charge in [0.1, 0.15) is 0 Å². The van der Waals surface area contributed by atoms with Crippen molar-refractivity contribution in [1.29, 1.82) is 0 Å². The van der Waals surface area contributed by atoms with Crippen LogP contribution in [-0.4, -0.2) is 49.2 Å². The van der Waals surface area contributed by atoms with Crippen molar-refractivity contribution in [1.82, 2.24) is 10.2 Å². The van der Waals surface area contributed by atoms with Gasteiger partial charge in [-0.25, -0.2) is 0 Å². The predicted octanol–water partition coefficient (Wildman–Crippen LogP) is 1.16. The zero-order valence-corrected chi connectivity index (χ0v) is 11.1. The van der Waals surface area contributed by atoms with Crippen LogP contribution in [0.2, 0.25) is 0 Å². The van der Waals surface area contributed by atoms with E-state index in [0.717, 1.165) is 51.9 Å². The van der Waals surface area contributed by atoms with Crippen molar-refractivity contribution in [2.45, 2.75) is 50.7 Å². The van der Waals surface area contributed by atoms with E-state index in [4.69, 9.17) is 4.74 Å². The minimum atomic E-state index is 0.208. The Hall–Kier alpha value is -0.610. The molecule has 3 rings (SSSR count). The third kappa shape index (κ3) is 2.41. The van der Waals surface area contributed by atoms with Gasteiger partial charge in [-0.3, -0.25) is 4.79 Å². The predicted molar refractivity (Wildman–Crippen MR) is 69.3 cm³/mol. The minimum Gasteiger partial charge on any atom is -0.374 e. The molecule has 3 aliphatic rings. The summed E-state index contributed by atoms with van der Waals surface area (Å²) in [6, 6.07) is 0.363. The van der Waals surface area contributed by atoms with E-state index in [1.165, 1.54) is 12.8 Å². The first-order valence-corrected chi connectivity index (χ1v) is 7.49. The lowest BCUT2D eigenvalue weighted by atomic mass is 9.88. The highest BCUT2D eigenvalue weighted by Crippen LogP contribution is 2.30. The summed E-state index contributed by atoms with van der Waals surface area (Å²) in [6.45, 7) is 3.47. The monoisotopic (exact) mass is 252 g/mol. The Morgan fingerprint density at radius 3 is 2.89 bits per heavy atom. The zero-order chi connectivity index (χ0) is 12.4. The molecule has 18 heavy (non-hydrogen) atoms. The number of rotatable bonds is 1. The Morgan fingerprint density at radius 2 is 2.06 bits per heavy atom. The number of nitrogens with zero attached hydrogens (tertiary/aromatic N) is 1. The van der Waals surface area contributed by atoms with Gasteiger partial charge in [0.05, 0.1) is 24.7 Å². The maximum atomic E-state index is 12.6. The molecule has 0 aromatic carbocycles. The second kappa shape index (κ2) is 5.57. The average Bonchev–Trinajstić information content (AvgIpc) is 2.47. The minimum absolute atomic E-state index is 0.208. The number of carbonyl (C=O) groups is 1. The van der Waals surface area contributed by atoms with Crippen LogP contribution in [0.3, 0.4) is 0 Å². The van der Waals surface area contributed by atoms with Crippen LogP contribution in [0.1, 0.15) is 38.5 Å². The van der Waals surface area contributed by atoms with Crippen molar-refractivity contribution in [2.75, 3.05) is 26.2 Å². The highest BCUT2D eigenvalue weighted by molar-refractivity contribution is 5.79. The van der Waals surface area contributed by atoms with Gasteiger partial charge in [0.15, 0.2) is 0 Å². The number of morpholine rings is 1. The van der Waals surface area contributed by atoms with Crippen molar-refractivity contribution >= 4 is 5.91 Å². The second-order valence-corrected chi connectivity index (χ2v) is 5.84. The first kappa shape index (κ1) is 12.4. The standard InChI is InChI=1S/C14H24N2O2/c17-14(11-4-3-7-15-10-11)16-8-9-18-13-6-2-1-5-12(13)16/h11-13,15H,1-10H2. The molecule has 1 amide bonds. The molecular weight excluding hydrogens is 228 g/mol. The van der Waals surface area contributed by atoms with E-state index < -0.39 is 0 Å². The fourth-order valence-electron chi connectivity index (χ4n) is 3.67. The van der Waals surface area contributed by atoms with Crippen LogP contribution in [0.25, 0.3) is 0 Å². The van der Waals surface area contributed by atoms with Gasteiger partial charge in [-0.2, -0.15) is 0 Å². The van der Waals surface area contributed by atoms with Crippen LogP contribution in [0.4, 0.5) is 0 Å². The van der Waals surface area contributed by atoms with Crippen LogP contribution >= 0.6 is 0 Å². The quantitative estimate of drug-likeness (QED) is 0.761. The number of carbonyl (C=O) groups excluding carboxylic acids is 1. The SMILES string of the molecule is O=C(C1CCCNC1)N1CCOC2CCCCC21. The van der Waals surface area contributed by atoms with Crippen molar-refractivity contribution in [2.24, 2.45) is 5.92 Å². The molecule has 0 bridgehead atoms. The number of amides is 1. The maximum Gasteiger partial charge on any atom is 0.227 e. The van der Waals surface area contributed by atoms with Crippen molar-refractivity contribution in [3.8, 4) is 0 Å². The number of hydrogen-bond acceptors (Lipinski definition) is 3. The summed E-state index contributed by atoms with van der Waals surface area (Å²) in [5.74, 6) is 0.585. The zero-order valence-electron chi connectivity index (χ0n) is 11.1. The largest absolute Gasteiger partial charge is 0.374 e. The molecule has 102 valence electrons. The highest BCUT2D eigenvalue weighted by Gasteiger charge is 2.38. The molecule has 1 saturated carbocycles. The number of piperidine rings is 1. The summed E-state index contributed by atoms with van der Waals surface area (Å²) in [6.07, 6.45) is 7.28. The Bertz CT molecular complexity index is 300. The van der Waals surface area contributed by atoms with Crippen LogP contribution in [-0.2, 0) is 9.53 Å². The normalized spacial score (nSPS) is 37.1. The topological polar surface area (TPSA) is 41.6 Å². The number of nitrogens with one attached hydrogen (secondary N) is 1. The van der Waals surface area contributed by atoms with Crippen molar-refractivity contribution in [3.63, 3.8) is 0 Å². The van der Waals surface area contributed by atoms with Gasteiger partial charge >= 0.3 is 0 Å². The number of ether oxygens (including phenoxy) is 1. The molecule has 0 radical (unpaired) electrons. The molecule has 1 N–H and O–H groups in total. The van der Waals surface area contributed by atoms with Crippen LogP contribution in [0.15, 0.2) is 0 Å². The third-order valence-electron chi connectivity index (χ3n) is 4.66. The molecule has 0 aromatic heterocycles. The Morgan fingerprint density at radius 1 is 1.17 bits per heavy atom. The second-order valence-electron chi connectivity index (χ2n) is 5.84. The van der Waals surface area contributed by atoms with E-state index in [1.54, 1.807) is 0 Å². The van der Waals surface area contributed by atoms with Gasteiger partial charge in [-0.05, 0) is 32.2 Å². The van der Waals surface area contributed by atoms with Crippen LogP contribution in [0.5, 0.6) is 0 Å². The Balaban J connectivity index is 1.67. The van der Waals surface area contributed by atoms with Gasteiger partial charge in [0.25, 0.3) is 0 Å². The van der Waals surface area contributed by atoms with E-state index in [9.17, 15) is 4.79 Å². The molecule has 2 aliphatic heterocycles. The van der Waals surface area contributed by atoms with Crippen molar-refractivity contribution in [3.05, 3.63) is 0 Å². The number of hydrogen-bond donors (Lipinski definition) is 1. The molecule has 2 heterocycles. The fourth-order valence-corrected chi connectivity index (χ4v) is 3.67. The first-order chi connectivity index (χ1) is 8.86. The van der Waals surface area contributed by atoms with E-state index >= 15 is 0 Å². The molecule has 3 fully saturated rings. The molecule has 1 aliphatic carbocycles. The Kier molecular flexibility index (Phi) is 3.85. The van der Waals surface area contributed by atoms with E-state index in [0.29, 0.717) is 18.1 Å². The maximum absolute atomic E-state index is 12.6. The van der Waals surface area contributed by atoms with Gasteiger partial charge in [-0.15, -0.1) is 0 Å². The molecular formula is C14H24N2O2. The van der Waals surface area contributed by atoms with Gasteiger partial charge in [0, 0.05) is 13.1 Å². The van der Waals surface area contributed by atoms with Crippen LogP contribution < -0.4 is 5.32 Å². The average molecular weight is 252 g/mol. The molecule has 3 unspecified atom stereocenters. The lowest BCUT2D eigenvalue weighted by molar-refractivity contribution is -0.154. The molecule has 3 atom stereocenters. The molecule has 4 nitrogen and oxygen atoms in total. The molecule has 2 saturated heterocycles. The Labute approximate surface area is 109 Å².